The van der Waals surface area contributed by atoms with Gasteiger partial charge in [-0.1, -0.05) is 0 Å². The first kappa shape index (κ1) is 11.4. The summed E-state index contributed by atoms with van der Waals surface area (Å²) in [5, 5.41) is 0. The molecule has 0 radical (unpaired) electrons. The van der Waals surface area contributed by atoms with Gasteiger partial charge in [-0.15, -0.1) is 0 Å². The quantitative estimate of drug-likeness (QED) is 0.708. The minimum atomic E-state index is -1.35. The minimum absolute atomic E-state index is 0.543. The second-order valence-corrected chi connectivity index (χ2v) is 11.3. The molecule has 0 spiro atoms. The molecule has 17 heavy (non-hydrogen) atoms. The van der Waals surface area contributed by atoms with E-state index in [2.05, 4.69) is 58.7 Å². The summed E-state index contributed by atoms with van der Waals surface area (Å²) in [4.78, 5) is 0. The number of rotatable bonds is 1. The Hall–Kier alpha value is -0.677. The van der Waals surface area contributed by atoms with Crippen molar-refractivity contribution in [2.24, 2.45) is 0 Å². The van der Waals surface area contributed by atoms with Crippen molar-refractivity contribution in [1.82, 2.24) is 0 Å². The zero-order valence-corrected chi connectivity index (χ0v) is 13.1. The van der Waals surface area contributed by atoms with Gasteiger partial charge in [-0.2, -0.15) is 0 Å². The van der Waals surface area contributed by atoms with Crippen LogP contribution in [0.5, 0.6) is 0 Å². The summed E-state index contributed by atoms with van der Waals surface area (Å²) in [7, 11) is 0. The molecule has 0 saturated carbocycles. The van der Waals surface area contributed by atoms with Crippen LogP contribution in [0.15, 0.2) is 48.1 Å². The number of fused-ring (bicyclic) bond motifs is 3. The summed E-state index contributed by atoms with van der Waals surface area (Å²) in [6.07, 6.45) is 9.07. The molecule has 1 unspecified atom stereocenters. The summed E-state index contributed by atoms with van der Waals surface area (Å²) in [6.45, 7) is 2.20. The third kappa shape index (κ3) is 1.76. The number of hydrogen-bond acceptors (Lipinski definition) is 0. The first-order valence-corrected chi connectivity index (χ1v) is 12.3. The summed E-state index contributed by atoms with van der Waals surface area (Å²) in [5.74, 6) is 0.543. The Balaban J connectivity index is 2.27. The molecule has 0 heterocycles. The molecule has 2 aliphatic carbocycles. The summed E-state index contributed by atoms with van der Waals surface area (Å²) >= 11 is -1.35. The molecule has 0 fully saturated rings. The zero-order chi connectivity index (χ0) is 12.0. The van der Waals surface area contributed by atoms with E-state index in [0.717, 1.165) is 0 Å². The van der Waals surface area contributed by atoms with Crippen molar-refractivity contribution in [3.05, 3.63) is 64.8 Å². The average molecular weight is 301 g/mol. The van der Waals surface area contributed by atoms with Crippen molar-refractivity contribution in [2.45, 2.75) is 22.1 Å². The van der Waals surface area contributed by atoms with Crippen LogP contribution in [-0.2, 0) is 21.8 Å². The molecular weight excluding hydrogens is 283 g/mol. The fourth-order valence-electron chi connectivity index (χ4n) is 2.92. The Bertz CT molecular complexity index is 559. The first-order valence-electron chi connectivity index (χ1n) is 6.19. The van der Waals surface area contributed by atoms with Gasteiger partial charge in [0, 0.05) is 0 Å². The van der Waals surface area contributed by atoms with Gasteiger partial charge in [0.2, 0.25) is 0 Å². The van der Waals surface area contributed by atoms with Crippen LogP contribution >= 0.6 is 0 Å². The number of allylic oxidation sites excluding steroid dienone is 5. The maximum atomic E-state index is 2.49. The van der Waals surface area contributed by atoms with Gasteiger partial charge in [-0.3, -0.25) is 0 Å². The third-order valence-electron chi connectivity index (χ3n) is 3.63. The van der Waals surface area contributed by atoms with E-state index in [1.807, 2.05) is 0 Å². The molecule has 0 N–H and O–H groups in total. The molecule has 0 aromatic heterocycles. The van der Waals surface area contributed by atoms with Crippen molar-refractivity contribution in [3.63, 3.8) is 0 Å². The van der Waals surface area contributed by atoms with E-state index in [9.17, 15) is 0 Å². The fourth-order valence-corrected chi connectivity index (χ4v) is 6.79. The molecule has 3 rings (SSSR count). The topological polar surface area (TPSA) is 0 Å². The Morgan fingerprint density at radius 1 is 1.12 bits per heavy atom. The van der Waals surface area contributed by atoms with Gasteiger partial charge < -0.3 is 0 Å². The maximum absolute atomic E-state index is 2.49. The molecule has 0 aliphatic heterocycles. The van der Waals surface area contributed by atoms with E-state index in [-0.39, 0.29) is 0 Å². The summed E-state index contributed by atoms with van der Waals surface area (Å²) in [6, 6.07) is 6.98. The summed E-state index contributed by atoms with van der Waals surface area (Å²) < 4.78 is 6.72. The van der Waals surface area contributed by atoms with Gasteiger partial charge in [0.05, 0.1) is 0 Å². The van der Waals surface area contributed by atoms with Crippen molar-refractivity contribution in [2.75, 3.05) is 0 Å². The van der Waals surface area contributed by atoms with Crippen LogP contribution in [0.3, 0.4) is 0 Å². The van der Waals surface area contributed by atoms with Crippen LogP contribution in [0.1, 0.15) is 22.6 Å². The van der Waals surface area contributed by atoms with Gasteiger partial charge in [0.25, 0.3) is 0 Å². The monoisotopic (exact) mass is 299 g/mol. The molecular formula is C16H17Zr. The van der Waals surface area contributed by atoms with Crippen molar-refractivity contribution < 1.29 is 21.8 Å². The van der Waals surface area contributed by atoms with E-state index in [0.29, 0.717) is 5.92 Å². The third-order valence-corrected chi connectivity index (χ3v) is 7.46. The van der Waals surface area contributed by atoms with E-state index in [1.54, 1.807) is 14.4 Å². The molecule has 0 nitrogen and oxygen atoms in total. The molecule has 1 aromatic rings. The normalized spacial score (nSPS) is 20.5. The molecule has 0 amide bonds. The number of aryl methyl sites for hydroxylation is 1. The molecule has 0 bridgehead atoms. The van der Waals surface area contributed by atoms with Crippen molar-refractivity contribution in [3.8, 4) is 0 Å². The Labute approximate surface area is 111 Å². The van der Waals surface area contributed by atoms with Crippen LogP contribution in [0, 0.1) is 6.92 Å². The number of benzene rings is 1. The van der Waals surface area contributed by atoms with Crippen LogP contribution in [-0.4, -0.2) is 0 Å². The van der Waals surface area contributed by atoms with Crippen molar-refractivity contribution in [1.29, 1.82) is 0 Å². The second kappa shape index (κ2) is 4.21. The molecule has 1 heteroatoms. The Morgan fingerprint density at radius 3 is 2.71 bits per heavy atom. The Morgan fingerprint density at radius 2 is 1.94 bits per heavy atom. The van der Waals surface area contributed by atoms with Gasteiger partial charge in [0.15, 0.2) is 0 Å². The van der Waals surface area contributed by atoms with E-state index >= 15 is 0 Å². The molecule has 1 aromatic carbocycles. The fraction of sp³-hybridized carbons (Fsp3) is 0.250. The van der Waals surface area contributed by atoms with Gasteiger partial charge in [-0.25, -0.2) is 0 Å². The van der Waals surface area contributed by atoms with E-state index < -0.39 is 21.8 Å². The van der Waals surface area contributed by atoms with Gasteiger partial charge >= 0.3 is 112 Å². The number of hydrogen-bond donors (Lipinski definition) is 0. The van der Waals surface area contributed by atoms with E-state index in [1.165, 1.54) is 11.1 Å². The molecule has 85 valence electrons. The van der Waals surface area contributed by atoms with Crippen LogP contribution < -0.4 is 0 Å². The second-order valence-electron chi connectivity index (χ2n) is 5.14. The summed E-state index contributed by atoms with van der Waals surface area (Å²) in [5.41, 5.74) is 6.06. The SMILES string of the molecule is Cc1ccc2c(c1)[C]([Zr]([CH3])[CH3])=C1C=CC=CC12. The molecule has 0 saturated heterocycles. The standard InChI is InChI=1S/C14H11.2CH3.Zr/c1-10-6-7-14-12(8-10)9-11-4-2-3-5-13(11)14;;;/h2-8,13H,1H3;2*1H3;. The van der Waals surface area contributed by atoms with Crippen LogP contribution in [0.2, 0.25) is 9.26 Å². The Kier molecular flexibility index (Phi) is 2.83. The van der Waals surface area contributed by atoms with Crippen LogP contribution in [0.4, 0.5) is 0 Å². The van der Waals surface area contributed by atoms with Gasteiger partial charge in [0.1, 0.15) is 0 Å². The van der Waals surface area contributed by atoms with E-state index in [4.69, 9.17) is 0 Å². The molecule has 1 atom stereocenters. The van der Waals surface area contributed by atoms with Crippen LogP contribution in [0.25, 0.3) is 3.28 Å². The molecule has 2 aliphatic rings. The average Bonchev–Trinajstić information content (AvgIpc) is 2.62. The predicted octanol–water partition coefficient (Wildman–Crippen LogP) is 4.64. The van der Waals surface area contributed by atoms with Gasteiger partial charge in [-0.05, 0) is 0 Å². The predicted molar refractivity (Wildman–Crippen MR) is 70.8 cm³/mol. The first-order chi connectivity index (χ1) is 8.18. The van der Waals surface area contributed by atoms with Crippen molar-refractivity contribution >= 4 is 3.28 Å². The zero-order valence-electron chi connectivity index (χ0n) is 10.6.